The average molecular weight is 315 g/mol. The van der Waals surface area contributed by atoms with Crippen molar-refractivity contribution in [3.05, 3.63) is 28.2 Å². The van der Waals surface area contributed by atoms with E-state index in [0.29, 0.717) is 6.61 Å². The van der Waals surface area contributed by atoms with Crippen LogP contribution in [0.1, 0.15) is 24.8 Å². The van der Waals surface area contributed by atoms with E-state index in [-0.39, 0.29) is 0 Å². The highest BCUT2D eigenvalue weighted by Gasteiger charge is 2.06. The minimum atomic E-state index is 0.298. The number of hydrogen-bond acceptors (Lipinski definition) is 3. The summed E-state index contributed by atoms with van der Waals surface area (Å²) in [6, 6.07) is 6.47. The van der Waals surface area contributed by atoms with Crippen molar-refractivity contribution in [2.24, 2.45) is 0 Å². The number of rotatable bonds is 8. The minimum Gasteiger partial charge on any atom is -0.396 e. The van der Waals surface area contributed by atoms with Crippen LogP contribution in [0.4, 0.5) is 5.69 Å². The van der Waals surface area contributed by atoms with Crippen molar-refractivity contribution in [3.8, 4) is 0 Å². The molecule has 1 rings (SSSR count). The molecule has 0 heterocycles. The molecule has 0 fully saturated rings. The van der Waals surface area contributed by atoms with Gasteiger partial charge >= 0.3 is 0 Å². The van der Waals surface area contributed by atoms with Crippen molar-refractivity contribution >= 4 is 21.6 Å². The lowest BCUT2D eigenvalue weighted by Gasteiger charge is -2.21. The van der Waals surface area contributed by atoms with Gasteiger partial charge in [0, 0.05) is 31.2 Å². The Labute approximate surface area is 118 Å². The molecule has 1 aromatic carbocycles. The van der Waals surface area contributed by atoms with Gasteiger partial charge in [0.2, 0.25) is 0 Å². The zero-order valence-electron chi connectivity index (χ0n) is 11.2. The van der Waals surface area contributed by atoms with Crippen LogP contribution in [0.5, 0.6) is 0 Å². The Morgan fingerprint density at radius 2 is 2.06 bits per heavy atom. The van der Waals surface area contributed by atoms with Crippen LogP contribution in [0.25, 0.3) is 0 Å². The number of benzene rings is 1. The van der Waals surface area contributed by atoms with E-state index >= 15 is 0 Å². The summed E-state index contributed by atoms with van der Waals surface area (Å²) in [5, 5.41) is 11.9. The maximum atomic E-state index is 8.75. The molecule has 102 valence electrons. The van der Waals surface area contributed by atoms with E-state index in [1.54, 1.807) is 0 Å². The maximum Gasteiger partial charge on any atom is 0.0508 e. The first kappa shape index (κ1) is 15.5. The first-order valence-electron chi connectivity index (χ1n) is 6.44. The average Bonchev–Trinajstić information content (AvgIpc) is 2.35. The Kier molecular flexibility index (Phi) is 7.32. The van der Waals surface area contributed by atoms with Crippen molar-refractivity contribution < 1.29 is 5.11 Å². The third kappa shape index (κ3) is 4.96. The van der Waals surface area contributed by atoms with Crippen LogP contribution in [0.3, 0.4) is 0 Å². The molecule has 0 aliphatic carbocycles. The standard InChI is InChI=1S/C14H23BrN2O/c1-16-11-12-6-7-14(13(15)10-12)17(2)8-4-3-5-9-18/h6-7,10,16,18H,3-5,8-9,11H2,1-2H3. The lowest BCUT2D eigenvalue weighted by atomic mass is 10.2. The number of nitrogens with zero attached hydrogens (tertiary/aromatic N) is 1. The third-order valence-electron chi connectivity index (χ3n) is 2.96. The number of halogens is 1. The van der Waals surface area contributed by atoms with Gasteiger partial charge in [-0.15, -0.1) is 0 Å². The van der Waals surface area contributed by atoms with Gasteiger partial charge in [0.25, 0.3) is 0 Å². The van der Waals surface area contributed by atoms with Gasteiger partial charge in [-0.3, -0.25) is 0 Å². The fourth-order valence-electron chi connectivity index (χ4n) is 1.93. The summed E-state index contributed by atoms with van der Waals surface area (Å²) in [5.74, 6) is 0. The van der Waals surface area contributed by atoms with Gasteiger partial charge in [0.1, 0.15) is 0 Å². The Hall–Kier alpha value is -0.580. The number of unbranched alkanes of at least 4 members (excludes halogenated alkanes) is 2. The number of aliphatic hydroxyl groups excluding tert-OH is 1. The van der Waals surface area contributed by atoms with Crippen molar-refractivity contribution in [2.45, 2.75) is 25.8 Å². The van der Waals surface area contributed by atoms with Crippen LogP contribution < -0.4 is 10.2 Å². The van der Waals surface area contributed by atoms with Gasteiger partial charge in [-0.2, -0.15) is 0 Å². The number of anilines is 1. The summed E-state index contributed by atoms with van der Waals surface area (Å²) >= 11 is 3.63. The van der Waals surface area contributed by atoms with Crippen LogP contribution in [-0.2, 0) is 6.54 Å². The largest absolute Gasteiger partial charge is 0.396 e. The van der Waals surface area contributed by atoms with Gasteiger partial charge in [0.05, 0.1) is 5.69 Å². The van der Waals surface area contributed by atoms with Crippen LogP contribution in [0, 0.1) is 0 Å². The Morgan fingerprint density at radius 1 is 1.28 bits per heavy atom. The molecule has 3 nitrogen and oxygen atoms in total. The third-order valence-corrected chi connectivity index (χ3v) is 3.59. The highest BCUT2D eigenvalue weighted by atomic mass is 79.9. The van der Waals surface area contributed by atoms with E-state index in [1.807, 2.05) is 7.05 Å². The molecule has 0 atom stereocenters. The monoisotopic (exact) mass is 314 g/mol. The second kappa shape index (κ2) is 8.51. The molecular weight excluding hydrogens is 292 g/mol. The molecule has 0 aromatic heterocycles. The normalized spacial score (nSPS) is 10.7. The molecule has 0 amide bonds. The quantitative estimate of drug-likeness (QED) is 0.724. The molecule has 0 spiro atoms. The number of hydrogen-bond donors (Lipinski definition) is 2. The molecule has 1 aromatic rings. The summed E-state index contributed by atoms with van der Waals surface area (Å²) in [5.41, 5.74) is 2.50. The molecule has 0 bridgehead atoms. The Balaban J connectivity index is 2.54. The molecule has 2 N–H and O–H groups in total. The van der Waals surface area contributed by atoms with Crippen molar-refractivity contribution in [3.63, 3.8) is 0 Å². The fraction of sp³-hybridized carbons (Fsp3) is 0.571. The highest BCUT2D eigenvalue weighted by Crippen LogP contribution is 2.26. The van der Waals surface area contributed by atoms with E-state index in [1.165, 1.54) is 11.3 Å². The van der Waals surface area contributed by atoms with Crippen LogP contribution >= 0.6 is 15.9 Å². The molecule has 0 saturated heterocycles. The van der Waals surface area contributed by atoms with Gasteiger partial charge in [-0.25, -0.2) is 0 Å². The smallest absolute Gasteiger partial charge is 0.0508 e. The topological polar surface area (TPSA) is 35.5 Å². The molecule has 0 saturated carbocycles. The summed E-state index contributed by atoms with van der Waals surface area (Å²) < 4.78 is 1.14. The van der Waals surface area contributed by atoms with E-state index in [4.69, 9.17) is 5.11 Å². The van der Waals surface area contributed by atoms with Crippen molar-refractivity contribution in [1.82, 2.24) is 5.32 Å². The molecule has 0 radical (unpaired) electrons. The SMILES string of the molecule is CNCc1ccc(N(C)CCCCCO)c(Br)c1. The first-order valence-corrected chi connectivity index (χ1v) is 7.23. The zero-order valence-corrected chi connectivity index (χ0v) is 12.8. The predicted molar refractivity (Wildman–Crippen MR) is 81.1 cm³/mol. The molecule has 0 aliphatic heterocycles. The van der Waals surface area contributed by atoms with Crippen molar-refractivity contribution in [1.29, 1.82) is 0 Å². The lowest BCUT2D eigenvalue weighted by molar-refractivity contribution is 0.283. The Morgan fingerprint density at radius 3 is 2.67 bits per heavy atom. The highest BCUT2D eigenvalue weighted by molar-refractivity contribution is 9.10. The summed E-state index contributed by atoms with van der Waals surface area (Å²) in [6.45, 7) is 2.20. The second-order valence-electron chi connectivity index (χ2n) is 4.52. The zero-order chi connectivity index (χ0) is 13.4. The van der Waals surface area contributed by atoms with E-state index < -0.39 is 0 Å². The predicted octanol–water partition coefficient (Wildman–Crippen LogP) is 2.77. The molecular formula is C14H23BrN2O. The van der Waals surface area contributed by atoms with E-state index in [9.17, 15) is 0 Å². The van der Waals surface area contributed by atoms with Gasteiger partial charge < -0.3 is 15.3 Å². The number of aliphatic hydroxyl groups is 1. The number of nitrogens with one attached hydrogen (secondary N) is 1. The van der Waals surface area contributed by atoms with Crippen LogP contribution in [0.15, 0.2) is 22.7 Å². The van der Waals surface area contributed by atoms with Gasteiger partial charge in [-0.1, -0.05) is 6.07 Å². The summed E-state index contributed by atoms with van der Waals surface area (Å²) in [7, 11) is 4.06. The maximum absolute atomic E-state index is 8.75. The first-order chi connectivity index (χ1) is 8.69. The van der Waals surface area contributed by atoms with Gasteiger partial charge in [0.15, 0.2) is 0 Å². The molecule has 0 aliphatic rings. The van der Waals surface area contributed by atoms with E-state index in [2.05, 4.69) is 51.4 Å². The molecule has 0 unspecified atom stereocenters. The van der Waals surface area contributed by atoms with Crippen LogP contribution in [-0.4, -0.2) is 32.4 Å². The van der Waals surface area contributed by atoms with E-state index in [0.717, 1.165) is 36.8 Å². The fourth-order valence-corrected chi connectivity index (χ4v) is 2.66. The minimum absolute atomic E-state index is 0.298. The second-order valence-corrected chi connectivity index (χ2v) is 5.38. The van der Waals surface area contributed by atoms with Crippen molar-refractivity contribution in [2.75, 3.05) is 32.1 Å². The lowest BCUT2D eigenvalue weighted by Crippen LogP contribution is -2.19. The molecule has 18 heavy (non-hydrogen) atoms. The summed E-state index contributed by atoms with van der Waals surface area (Å²) in [4.78, 5) is 2.25. The van der Waals surface area contributed by atoms with Gasteiger partial charge in [-0.05, 0) is 59.9 Å². The molecule has 4 heteroatoms. The van der Waals surface area contributed by atoms with Crippen LogP contribution in [0.2, 0.25) is 0 Å². The summed E-state index contributed by atoms with van der Waals surface area (Å²) in [6.07, 6.45) is 3.09. The Bertz CT molecular complexity index is 358.